The molecule has 0 aromatic heterocycles. The highest BCUT2D eigenvalue weighted by molar-refractivity contribution is 4.66. The summed E-state index contributed by atoms with van der Waals surface area (Å²) in [5, 5.41) is 0. The molecule has 1 aliphatic rings. The molecule has 1 rings (SSSR count). The molecule has 13 heavy (non-hydrogen) atoms. The molecule has 0 spiro atoms. The fourth-order valence-corrected chi connectivity index (χ4v) is 1.66. The first-order chi connectivity index (χ1) is 6.33. The molecule has 3 heteroatoms. The van der Waals surface area contributed by atoms with Crippen molar-refractivity contribution in [3.05, 3.63) is 0 Å². The SMILES string of the molecule is CCOCCN1CCCN(C)CC1. The summed E-state index contributed by atoms with van der Waals surface area (Å²) >= 11 is 0. The fraction of sp³-hybridized carbons (Fsp3) is 1.00. The smallest absolute Gasteiger partial charge is 0.0593 e. The Bertz CT molecular complexity index is 130. The lowest BCUT2D eigenvalue weighted by Gasteiger charge is -2.19. The zero-order valence-electron chi connectivity index (χ0n) is 8.96. The molecule has 0 aromatic carbocycles. The Balaban J connectivity index is 2.11. The topological polar surface area (TPSA) is 15.7 Å². The molecule has 0 N–H and O–H groups in total. The summed E-state index contributed by atoms with van der Waals surface area (Å²) in [4.78, 5) is 4.90. The van der Waals surface area contributed by atoms with E-state index in [4.69, 9.17) is 4.74 Å². The van der Waals surface area contributed by atoms with Gasteiger partial charge in [-0.15, -0.1) is 0 Å². The minimum atomic E-state index is 0.841. The molecule has 78 valence electrons. The summed E-state index contributed by atoms with van der Waals surface area (Å²) in [7, 11) is 2.20. The van der Waals surface area contributed by atoms with Crippen molar-refractivity contribution < 1.29 is 4.74 Å². The third-order valence-electron chi connectivity index (χ3n) is 2.57. The number of nitrogens with zero attached hydrogens (tertiary/aromatic N) is 2. The van der Waals surface area contributed by atoms with Crippen LogP contribution in [0.4, 0.5) is 0 Å². The van der Waals surface area contributed by atoms with Crippen molar-refractivity contribution in [1.29, 1.82) is 0 Å². The maximum absolute atomic E-state index is 5.35. The molecular weight excluding hydrogens is 164 g/mol. The van der Waals surface area contributed by atoms with Crippen LogP contribution in [-0.2, 0) is 4.74 Å². The van der Waals surface area contributed by atoms with Crippen molar-refractivity contribution in [1.82, 2.24) is 9.80 Å². The maximum atomic E-state index is 5.35. The zero-order chi connectivity index (χ0) is 9.52. The second-order valence-corrected chi connectivity index (χ2v) is 3.70. The summed E-state index contributed by atoms with van der Waals surface area (Å²) in [6.07, 6.45) is 1.29. The first-order valence-electron chi connectivity index (χ1n) is 5.31. The second-order valence-electron chi connectivity index (χ2n) is 3.70. The standard InChI is InChI=1S/C10H22N2O/c1-3-13-10-9-12-6-4-5-11(2)7-8-12/h3-10H2,1-2H3. The van der Waals surface area contributed by atoms with Crippen molar-refractivity contribution in [3.63, 3.8) is 0 Å². The van der Waals surface area contributed by atoms with Gasteiger partial charge in [0.1, 0.15) is 0 Å². The van der Waals surface area contributed by atoms with E-state index in [0.29, 0.717) is 0 Å². The van der Waals surface area contributed by atoms with Crippen LogP contribution >= 0.6 is 0 Å². The predicted molar refractivity (Wildman–Crippen MR) is 55.0 cm³/mol. The summed E-state index contributed by atoms with van der Waals surface area (Å²) in [5.41, 5.74) is 0. The highest BCUT2D eigenvalue weighted by atomic mass is 16.5. The Morgan fingerprint density at radius 2 is 2.00 bits per heavy atom. The van der Waals surface area contributed by atoms with Crippen LogP contribution in [0.25, 0.3) is 0 Å². The van der Waals surface area contributed by atoms with Gasteiger partial charge in [-0.25, -0.2) is 0 Å². The van der Waals surface area contributed by atoms with Gasteiger partial charge in [0.25, 0.3) is 0 Å². The Morgan fingerprint density at radius 3 is 2.77 bits per heavy atom. The van der Waals surface area contributed by atoms with Gasteiger partial charge >= 0.3 is 0 Å². The van der Waals surface area contributed by atoms with E-state index < -0.39 is 0 Å². The Morgan fingerprint density at radius 1 is 1.15 bits per heavy atom. The zero-order valence-corrected chi connectivity index (χ0v) is 8.96. The lowest BCUT2D eigenvalue weighted by molar-refractivity contribution is 0.115. The van der Waals surface area contributed by atoms with Gasteiger partial charge in [-0.05, 0) is 33.5 Å². The second kappa shape index (κ2) is 6.35. The molecule has 1 aliphatic heterocycles. The molecule has 0 saturated carbocycles. The van der Waals surface area contributed by atoms with E-state index in [1.165, 1.54) is 32.6 Å². The van der Waals surface area contributed by atoms with E-state index >= 15 is 0 Å². The van der Waals surface area contributed by atoms with Gasteiger partial charge < -0.3 is 9.64 Å². The van der Waals surface area contributed by atoms with Crippen molar-refractivity contribution in [2.24, 2.45) is 0 Å². The summed E-state index contributed by atoms with van der Waals surface area (Å²) in [6, 6.07) is 0. The quantitative estimate of drug-likeness (QED) is 0.600. The van der Waals surface area contributed by atoms with E-state index in [0.717, 1.165) is 19.8 Å². The fourth-order valence-electron chi connectivity index (χ4n) is 1.66. The van der Waals surface area contributed by atoms with Crippen molar-refractivity contribution in [3.8, 4) is 0 Å². The van der Waals surface area contributed by atoms with E-state index in [2.05, 4.69) is 23.8 Å². The number of hydrogen-bond acceptors (Lipinski definition) is 3. The lowest BCUT2D eigenvalue weighted by Crippen LogP contribution is -2.31. The van der Waals surface area contributed by atoms with Crippen LogP contribution in [-0.4, -0.2) is 62.8 Å². The molecule has 0 amide bonds. The number of ether oxygens (including phenoxy) is 1. The number of likely N-dealkylation sites (N-methyl/N-ethyl adjacent to an activating group) is 1. The summed E-state index contributed by atoms with van der Waals surface area (Å²) < 4.78 is 5.35. The molecule has 0 unspecified atom stereocenters. The van der Waals surface area contributed by atoms with Gasteiger partial charge in [-0.3, -0.25) is 4.90 Å². The van der Waals surface area contributed by atoms with Crippen LogP contribution < -0.4 is 0 Å². The largest absolute Gasteiger partial charge is 0.380 e. The highest BCUT2D eigenvalue weighted by Crippen LogP contribution is 2.00. The minimum absolute atomic E-state index is 0.841. The average Bonchev–Trinajstić information content (AvgIpc) is 2.32. The van der Waals surface area contributed by atoms with Gasteiger partial charge in [0, 0.05) is 26.2 Å². The van der Waals surface area contributed by atoms with E-state index in [-0.39, 0.29) is 0 Å². The highest BCUT2D eigenvalue weighted by Gasteiger charge is 2.10. The van der Waals surface area contributed by atoms with Gasteiger partial charge in [0.05, 0.1) is 6.61 Å². The first kappa shape index (κ1) is 11.0. The Labute approximate surface area is 81.7 Å². The van der Waals surface area contributed by atoms with Gasteiger partial charge in [0.2, 0.25) is 0 Å². The number of rotatable bonds is 4. The monoisotopic (exact) mass is 186 g/mol. The first-order valence-corrected chi connectivity index (χ1v) is 5.31. The van der Waals surface area contributed by atoms with Crippen LogP contribution in [0.3, 0.4) is 0 Å². The Kier molecular flexibility index (Phi) is 5.35. The van der Waals surface area contributed by atoms with Crippen LogP contribution in [0, 0.1) is 0 Å². The van der Waals surface area contributed by atoms with Crippen LogP contribution in [0.5, 0.6) is 0 Å². The van der Waals surface area contributed by atoms with Gasteiger partial charge in [-0.1, -0.05) is 0 Å². The average molecular weight is 186 g/mol. The van der Waals surface area contributed by atoms with Crippen molar-refractivity contribution in [2.75, 3.05) is 53.0 Å². The molecule has 0 aliphatic carbocycles. The van der Waals surface area contributed by atoms with E-state index in [1.807, 2.05) is 0 Å². The molecule has 3 nitrogen and oxygen atoms in total. The third-order valence-corrected chi connectivity index (χ3v) is 2.57. The third kappa shape index (κ3) is 4.60. The maximum Gasteiger partial charge on any atom is 0.0593 e. The van der Waals surface area contributed by atoms with Crippen LogP contribution in [0.15, 0.2) is 0 Å². The predicted octanol–water partition coefficient (Wildman–Crippen LogP) is 0.660. The molecule has 1 heterocycles. The van der Waals surface area contributed by atoms with E-state index in [9.17, 15) is 0 Å². The minimum Gasteiger partial charge on any atom is -0.380 e. The molecule has 0 radical (unpaired) electrons. The molecule has 1 fully saturated rings. The molecule has 0 aromatic rings. The number of hydrogen-bond donors (Lipinski definition) is 0. The lowest BCUT2D eigenvalue weighted by atomic mass is 10.4. The van der Waals surface area contributed by atoms with Crippen LogP contribution in [0.2, 0.25) is 0 Å². The molecule has 1 saturated heterocycles. The van der Waals surface area contributed by atoms with Crippen LogP contribution in [0.1, 0.15) is 13.3 Å². The van der Waals surface area contributed by atoms with Gasteiger partial charge in [0.15, 0.2) is 0 Å². The summed E-state index contributed by atoms with van der Waals surface area (Å²) in [6.45, 7) is 9.75. The molecule has 0 bridgehead atoms. The molecular formula is C10H22N2O. The Hall–Kier alpha value is -0.120. The molecule has 0 atom stereocenters. The van der Waals surface area contributed by atoms with E-state index in [1.54, 1.807) is 0 Å². The van der Waals surface area contributed by atoms with Crippen molar-refractivity contribution >= 4 is 0 Å². The van der Waals surface area contributed by atoms with Gasteiger partial charge in [-0.2, -0.15) is 0 Å². The normalized spacial score (nSPS) is 21.7. The van der Waals surface area contributed by atoms with Crippen molar-refractivity contribution in [2.45, 2.75) is 13.3 Å². The summed E-state index contributed by atoms with van der Waals surface area (Å²) in [5.74, 6) is 0.